The third kappa shape index (κ3) is 6.40. The minimum absolute atomic E-state index is 0.0434. The molecule has 0 heterocycles. The summed E-state index contributed by atoms with van der Waals surface area (Å²) in [4.78, 5) is 22.8. The molecule has 0 atom stereocenters. The standard InChI is InChI=1S/C18H18INO3/c1-13(21)5-6-14-7-9-17(10-8-14)23-12-18(22)20-16-4-2-3-15(19)11-16/h2-4,7-11H,5-6,12H2,1H3,(H,20,22). The van der Waals surface area contributed by atoms with Crippen LogP contribution in [0, 0.1) is 3.57 Å². The molecule has 0 fully saturated rings. The Balaban J connectivity index is 1.81. The summed E-state index contributed by atoms with van der Waals surface area (Å²) >= 11 is 2.19. The lowest BCUT2D eigenvalue weighted by Gasteiger charge is -2.08. The van der Waals surface area contributed by atoms with Crippen molar-refractivity contribution in [3.8, 4) is 5.75 Å². The molecule has 0 saturated carbocycles. The van der Waals surface area contributed by atoms with Crippen LogP contribution in [-0.2, 0) is 16.0 Å². The zero-order valence-corrected chi connectivity index (χ0v) is 15.0. The fraction of sp³-hybridized carbons (Fsp3) is 0.222. The molecule has 120 valence electrons. The Hall–Kier alpha value is -1.89. The molecule has 2 aromatic rings. The topological polar surface area (TPSA) is 55.4 Å². The first kappa shape index (κ1) is 17.5. The maximum Gasteiger partial charge on any atom is 0.262 e. The van der Waals surface area contributed by atoms with Crippen LogP contribution in [0.3, 0.4) is 0 Å². The van der Waals surface area contributed by atoms with Crippen molar-refractivity contribution in [3.05, 3.63) is 57.7 Å². The minimum atomic E-state index is -0.201. The number of carbonyl (C=O) groups excluding carboxylic acids is 2. The second-order valence-electron chi connectivity index (χ2n) is 5.19. The van der Waals surface area contributed by atoms with E-state index in [1.54, 1.807) is 6.92 Å². The minimum Gasteiger partial charge on any atom is -0.484 e. The number of hydrogen-bond donors (Lipinski definition) is 1. The lowest BCUT2D eigenvalue weighted by Crippen LogP contribution is -2.20. The fourth-order valence-corrected chi connectivity index (χ4v) is 2.53. The molecule has 0 spiro atoms. The Morgan fingerprint density at radius 2 is 1.87 bits per heavy atom. The molecule has 2 aromatic carbocycles. The molecule has 4 nitrogen and oxygen atoms in total. The number of rotatable bonds is 7. The molecule has 0 aliphatic heterocycles. The van der Waals surface area contributed by atoms with Crippen molar-refractivity contribution in [1.82, 2.24) is 0 Å². The van der Waals surface area contributed by atoms with Gasteiger partial charge in [-0.2, -0.15) is 0 Å². The summed E-state index contributed by atoms with van der Waals surface area (Å²) in [5.74, 6) is 0.611. The van der Waals surface area contributed by atoms with Gasteiger partial charge in [0.2, 0.25) is 0 Å². The van der Waals surface area contributed by atoms with E-state index in [9.17, 15) is 9.59 Å². The number of aryl methyl sites for hydroxylation is 1. The van der Waals surface area contributed by atoms with Crippen LogP contribution in [0.5, 0.6) is 5.75 Å². The molecular weight excluding hydrogens is 405 g/mol. The van der Waals surface area contributed by atoms with E-state index in [4.69, 9.17) is 4.74 Å². The third-order valence-corrected chi connectivity index (χ3v) is 3.84. The van der Waals surface area contributed by atoms with Crippen LogP contribution in [0.15, 0.2) is 48.5 Å². The van der Waals surface area contributed by atoms with E-state index in [0.29, 0.717) is 12.2 Å². The smallest absolute Gasteiger partial charge is 0.262 e. The van der Waals surface area contributed by atoms with Gasteiger partial charge in [0.15, 0.2) is 6.61 Å². The highest BCUT2D eigenvalue weighted by molar-refractivity contribution is 14.1. The van der Waals surface area contributed by atoms with Crippen LogP contribution in [0.25, 0.3) is 0 Å². The van der Waals surface area contributed by atoms with Crippen molar-refractivity contribution in [1.29, 1.82) is 0 Å². The highest BCUT2D eigenvalue weighted by atomic mass is 127. The van der Waals surface area contributed by atoms with Crippen LogP contribution in [0.4, 0.5) is 5.69 Å². The molecule has 0 aromatic heterocycles. The zero-order chi connectivity index (χ0) is 16.7. The summed E-state index contributed by atoms with van der Waals surface area (Å²) in [7, 11) is 0. The van der Waals surface area contributed by atoms with E-state index in [1.807, 2.05) is 48.5 Å². The molecule has 0 radical (unpaired) electrons. The van der Waals surface area contributed by atoms with Gasteiger partial charge < -0.3 is 14.8 Å². The summed E-state index contributed by atoms with van der Waals surface area (Å²) < 4.78 is 6.53. The van der Waals surface area contributed by atoms with Gasteiger partial charge in [-0.1, -0.05) is 18.2 Å². The lowest BCUT2D eigenvalue weighted by molar-refractivity contribution is -0.118. The molecule has 2 rings (SSSR count). The second-order valence-corrected chi connectivity index (χ2v) is 6.44. The quantitative estimate of drug-likeness (QED) is 0.689. The van der Waals surface area contributed by atoms with E-state index in [1.165, 1.54) is 0 Å². The Morgan fingerprint density at radius 1 is 1.13 bits per heavy atom. The van der Waals surface area contributed by atoms with Crippen molar-refractivity contribution >= 4 is 40.0 Å². The van der Waals surface area contributed by atoms with E-state index in [0.717, 1.165) is 21.2 Å². The molecule has 1 N–H and O–H groups in total. The summed E-state index contributed by atoms with van der Waals surface area (Å²) in [6.45, 7) is 1.54. The Morgan fingerprint density at radius 3 is 2.52 bits per heavy atom. The molecule has 23 heavy (non-hydrogen) atoms. The van der Waals surface area contributed by atoms with Crippen LogP contribution in [-0.4, -0.2) is 18.3 Å². The Labute approximate surface area is 149 Å². The molecule has 0 aliphatic rings. The summed E-state index contributed by atoms with van der Waals surface area (Å²) in [6, 6.07) is 15.0. The first-order valence-electron chi connectivity index (χ1n) is 7.29. The lowest BCUT2D eigenvalue weighted by atomic mass is 10.1. The number of benzene rings is 2. The summed E-state index contributed by atoms with van der Waals surface area (Å²) in [5, 5.41) is 2.79. The third-order valence-electron chi connectivity index (χ3n) is 3.17. The number of carbonyl (C=O) groups is 2. The second kappa shape index (κ2) is 8.67. The van der Waals surface area contributed by atoms with Crippen molar-refractivity contribution in [2.45, 2.75) is 19.8 Å². The molecule has 0 bridgehead atoms. The maximum absolute atomic E-state index is 11.9. The largest absolute Gasteiger partial charge is 0.484 e. The molecule has 0 unspecified atom stereocenters. The number of ether oxygens (including phenoxy) is 1. The number of hydrogen-bond acceptors (Lipinski definition) is 3. The predicted molar refractivity (Wildman–Crippen MR) is 98.7 cm³/mol. The van der Waals surface area contributed by atoms with Crippen LogP contribution in [0.2, 0.25) is 0 Å². The van der Waals surface area contributed by atoms with Gasteiger partial charge in [-0.05, 0) is 71.8 Å². The molecular formula is C18H18INO3. The monoisotopic (exact) mass is 423 g/mol. The number of halogens is 1. The van der Waals surface area contributed by atoms with Crippen molar-refractivity contribution in [3.63, 3.8) is 0 Å². The van der Waals surface area contributed by atoms with Gasteiger partial charge >= 0.3 is 0 Å². The van der Waals surface area contributed by atoms with Crippen molar-refractivity contribution < 1.29 is 14.3 Å². The van der Waals surface area contributed by atoms with Gasteiger partial charge in [-0.25, -0.2) is 0 Å². The molecule has 5 heteroatoms. The van der Waals surface area contributed by atoms with Crippen LogP contribution < -0.4 is 10.1 Å². The summed E-state index contributed by atoms with van der Waals surface area (Å²) in [5.41, 5.74) is 1.83. The average Bonchev–Trinajstić information content (AvgIpc) is 2.52. The van der Waals surface area contributed by atoms with E-state index in [2.05, 4.69) is 27.9 Å². The van der Waals surface area contributed by atoms with Gasteiger partial charge in [0, 0.05) is 15.7 Å². The van der Waals surface area contributed by atoms with Gasteiger partial charge in [-0.15, -0.1) is 0 Å². The first-order valence-corrected chi connectivity index (χ1v) is 8.37. The summed E-state index contributed by atoms with van der Waals surface area (Å²) in [6.07, 6.45) is 1.27. The van der Waals surface area contributed by atoms with Gasteiger partial charge in [-0.3, -0.25) is 4.79 Å². The van der Waals surface area contributed by atoms with Crippen LogP contribution in [0.1, 0.15) is 18.9 Å². The number of anilines is 1. The van der Waals surface area contributed by atoms with E-state index < -0.39 is 0 Å². The number of ketones is 1. The van der Waals surface area contributed by atoms with Gasteiger partial charge in [0.25, 0.3) is 5.91 Å². The molecule has 0 aliphatic carbocycles. The van der Waals surface area contributed by atoms with Crippen LogP contribution >= 0.6 is 22.6 Å². The highest BCUT2D eigenvalue weighted by Crippen LogP contribution is 2.15. The number of amides is 1. The zero-order valence-electron chi connectivity index (χ0n) is 12.8. The SMILES string of the molecule is CC(=O)CCc1ccc(OCC(=O)Nc2cccc(I)c2)cc1. The van der Waals surface area contributed by atoms with Crippen molar-refractivity contribution in [2.24, 2.45) is 0 Å². The average molecular weight is 423 g/mol. The maximum atomic E-state index is 11.9. The van der Waals surface area contributed by atoms with Gasteiger partial charge in [0.05, 0.1) is 0 Å². The van der Waals surface area contributed by atoms with Gasteiger partial charge in [0.1, 0.15) is 11.5 Å². The highest BCUT2D eigenvalue weighted by Gasteiger charge is 2.04. The Bertz CT molecular complexity index is 683. The number of Topliss-reactive ketones (excluding diaryl/α,β-unsaturated/α-hetero) is 1. The Kier molecular flexibility index (Phi) is 6.58. The first-order chi connectivity index (χ1) is 11.0. The van der Waals surface area contributed by atoms with Crippen molar-refractivity contribution in [2.75, 3.05) is 11.9 Å². The normalized spacial score (nSPS) is 10.2. The molecule has 0 saturated heterocycles. The predicted octanol–water partition coefficient (Wildman–Crippen LogP) is 3.83. The van der Waals surface area contributed by atoms with E-state index >= 15 is 0 Å². The molecule has 1 amide bonds. The number of nitrogens with one attached hydrogen (secondary N) is 1. The fourth-order valence-electron chi connectivity index (χ4n) is 1.98. The van der Waals surface area contributed by atoms with E-state index in [-0.39, 0.29) is 18.3 Å².